The standard InChI is InChI=1S/C15H13NO4/c17-15(18)11-4-5-16-12(8-11)10-2-3-13-14(9-10)20-7-1-6-19-13/h2-5,8-9H,1,6-7H2,(H,17,18). The van der Waals surface area contributed by atoms with E-state index in [0.717, 1.165) is 12.0 Å². The minimum Gasteiger partial charge on any atom is -0.490 e. The number of carboxylic acids is 1. The van der Waals surface area contributed by atoms with Crippen LogP contribution in [0.15, 0.2) is 36.5 Å². The number of benzene rings is 1. The van der Waals surface area contributed by atoms with Crippen molar-refractivity contribution in [2.75, 3.05) is 13.2 Å². The normalized spacial score (nSPS) is 13.6. The smallest absolute Gasteiger partial charge is 0.335 e. The van der Waals surface area contributed by atoms with Crippen LogP contribution in [0, 0.1) is 0 Å². The van der Waals surface area contributed by atoms with Gasteiger partial charge in [-0.15, -0.1) is 0 Å². The second-order valence-electron chi connectivity index (χ2n) is 4.45. The van der Waals surface area contributed by atoms with Crippen LogP contribution in [-0.4, -0.2) is 29.3 Å². The van der Waals surface area contributed by atoms with Crippen LogP contribution < -0.4 is 9.47 Å². The topological polar surface area (TPSA) is 68.7 Å². The van der Waals surface area contributed by atoms with E-state index in [1.807, 2.05) is 18.2 Å². The van der Waals surface area contributed by atoms with Crippen molar-refractivity contribution in [3.8, 4) is 22.8 Å². The van der Waals surface area contributed by atoms with Gasteiger partial charge in [0.25, 0.3) is 0 Å². The van der Waals surface area contributed by atoms with E-state index >= 15 is 0 Å². The van der Waals surface area contributed by atoms with E-state index in [1.165, 1.54) is 12.3 Å². The van der Waals surface area contributed by atoms with Gasteiger partial charge in [0.05, 0.1) is 24.5 Å². The zero-order valence-corrected chi connectivity index (χ0v) is 10.7. The molecule has 2 heterocycles. The fourth-order valence-electron chi connectivity index (χ4n) is 2.04. The van der Waals surface area contributed by atoms with Gasteiger partial charge in [-0.1, -0.05) is 0 Å². The largest absolute Gasteiger partial charge is 0.490 e. The van der Waals surface area contributed by atoms with Crippen molar-refractivity contribution in [1.29, 1.82) is 0 Å². The van der Waals surface area contributed by atoms with Crippen LogP contribution >= 0.6 is 0 Å². The van der Waals surface area contributed by atoms with E-state index in [9.17, 15) is 4.79 Å². The maximum absolute atomic E-state index is 11.0. The number of aromatic nitrogens is 1. The van der Waals surface area contributed by atoms with E-state index in [-0.39, 0.29) is 5.56 Å². The quantitative estimate of drug-likeness (QED) is 0.909. The highest BCUT2D eigenvalue weighted by Gasteiger charge is 2.13. The van der Waals surface area contributed by atoms with Crippen LogP contribution in [0.5, 0.6) is 11.5 Å². The number of carboxylic acid groups (broad SMARTS) is 1. The predicted octanol–water partition coefficient (Wildman–Crippen LogP) is 2.61. The number of carbonyl (C=O) groups is 1. The second kappa shape index (κ2) is 5.21. The molecule has 102 valence electrons. The van der Waals surface area contributed by atoms with E-state index in [0.29, 0.717) is 30.4 Å². The lowest BCUT2D eigenvalue weighted by Crippen LogP contribution is -1.98. The molecule has 0 saturated carbocycles. The summed E-state index contributed by atoms with van der Waals surface area (Å²) in [6, 6.07) is 8.51. The molecule has 5 nitrogen and oxygen atoms in total. The summed E-state index contributed by atoms with van der Waals surface area (Å²) in [5.74, 6) is 0.408. The monoisotopic (exact) mass is 271 g/mol. The summed E-state index contributed by atoms with van der Waals surface area (Å²) in [6.07, 6.45) is 2.33. The van der Waals surface area contributed by atoms with E-state index in [1.54, 1.807) is 6.07 Å². The summed E-state index contributed by atoms with van der Waals surface area (Å²) < 4.78 is 11.2. The minimum atomic E-state index is -0.969. The molecule has 1 aromatic heterocycles. The molecule has 0 fully saturated rings. The Bertz CT molecular complexity index is 654. The number of hydrogen-bond donors (Lipinski definition) is 1. The maximum atomic E-state index is 11.0. The summed E-state index contributed by atoms with van der Waals surface area (Å²) in [4.78, 5) is 15.2. The Morgan fingerprint density at radius 1 is 1.10 bits per heavy atom. The number of fused-ring (bicyclic) bond motifs is 1. The molecule has 0 saturated heterocycles. The third kappa shape index (κ3) is 2.42. The van der Waals surface area contributed by atoms with Gasteiger partial charge in [-0.2, -0.15) is 0 Å². The Morgan fingerprint density at radius 3 is 2.70 bits per heavy atom. The Balaban J connectivity index is 2.00. The molecule has 0 atom stereocenters. The molecule has 0 bridgehead atoms. The Morgan fingerprint density at radius 2 is 1.90 bits per heavy atom. The van der Waals surface area contributed by atoms with Crippen molar-refractivity contribution in [3.05, 3.63) is 42.1 Å². The summed E-state index contributed by atoms with van der Waals surface area (Å²) in [5.41, 5.74) is 1.61. The molecule has 0 unspecified atom stereocenters. The van der Waals surface area contributed by atoms with Crippen LogP contribution in [0.4, 0.5) is 0 Å². The van der Waals surface area contributed by atoms with Crippen LogP contribution in [-0.2, 0) is 0 Å². The minimum absolute atomic E-state index is 0.210. The van der Waals surface area contributed by atoms with Gasteiger partial charge in [-0.3, -0.25) is 4.98 Å². The van der Waals surface area contributed by atoms with Crippen LogP contribution in [0.1, 0.15) is 16.8 Å². The zero-order chi connectivity index (χ0) is 13.9. The molecule has 1 aromatic carbocycles. The van der Waals surface area contributed by atoms with Crippen molar-refractivity contribution in [2.45, 2.75) is 6.42 Å². The maximum Gasteiger partial charge on any atom is 0.335 e. The third-order valence-corrected chi connectivity index (χ3v) is 3.05. The summed E-state index contributed by atoms with van der Waals surface area (Å²) in [7, 11) is 0. The fourth-order valence-corrected chi connectivity index (χ4v) is 2.04. The van der Waals surface area contributed by atoms with Crippen molar-refractivity contribution in [2.24, 2.45) is 0 Å². The second-order valence-corrected chi connectivity index (χ2v) is 4.45. The van der Waals surface area contributed by atoms with E-state index in [2.05, 4.69) is 4.98 Å². The van der Waals surface area contributed by atoms with Gasteiger partial charge in [0.2, 0.25) is 0 Å². The fraction of sp³-hybridized carbons (Fsp3) is 0.200. The van der Waals surface area contributed by atoms with E-state index < -0.39 is 5.97 Å². The van der Waals surface area contributed by atoms with Gasteiger partial charge in [-0.05, 0) is 30.3 Å². The number of ether oxygens (including phenoxy) is 2. The highest BCUT2D eigenvalue weighted by atomic mass is 16.5. The van der Waals surface area contributed by atoms with Crippen molar-refractivity contribution < 1.29 is 19.4 Å². The Hall–Kier alpha value is -2.56. The van der Waals surface area contributed by atoms with Gasteiger partial charge >= 0.3 is 5.97 Å². The molecule has 1 N–H and O–H groups in total. The first-order valence-electron chi connectivity index (χ1n) is 6.33. The molecule has 1 aliphatic heterocycles. The molecule has 0 aliphatic carbocycles. The lowest BCUT2D eigenvalue weighted by molar-refractivity contribution is 0.0697. The molecular weight excluding hydrogens is 258 g/mol. The number of pyridine rings is 1. The highest BCUT2D eigenvalue weighted by molar-refractivity contribution is 5.88. The van der Waals surface area contributed by atoms with Crippen LogP contribution in [0.2, 0.25) is 0 Å². The van der Waals surface area contributed by atoms with Gasteiger partial charge < -0.3 is 14.6 Å². The van der Waals surface area contributed by atoms with Crippen LogP contribution in [0.25, 0.3) is 11.3 Å². The van der Waals surface area contributed by atoms with Gasteiger partial charge in [0, 0.05) is 18.2 Å². The lowest BCUT2D eigenvalue weighted by Gasteiger charge is -2.09. The molecule has 0 amide bonds. The average molecular weight is 271 g/mol. The molecule has 20 heavy (non-hydrogen) atoms. The Labute approximate surface area is 115 Å². The lowest BCUT2D eigenvalue weighted by atomic mass is 10.1. The molecular formula is C15H13NO4. The first kappa shape index (κ1) is 12.5. The molecule has 2 aromatic rings. The SMILES string of the molecule is O=C(O)c1ccnc(-c2ccc3c(c2)OCCCO3)c1. The average Bonchev–Trinajstić information content (AvgIpc) is 2.71. The number of rotatable bonds is 2. The number of nitrogens with zero attached hydrogens (tertiary/aromatic N) is 1. The molecule has 0 radical (unpaired) electrons. The molecule has 5 heteroatoms. The van der Waals surface area contributed by atoms with Crippen molar-refractivity contribution in [1.82, 2.24) is 4.98 Å². The number of hydrogen-bond acceptors (Lipinski definition) is 4. The molecule has 0 spiro atoms. The summed E-state index contributed by atoms with van der Waals surface area (Å²) >= 11 is 0. The zero-order valence-electron chi connectivity index (χ0n) is 10.7. The summed E-state index contributed by atoms with van der Waals surface area (Å²) in [6.45, 7) is 1.25. The van der Waals surface area contributed by atoms with Crippen LogP contribution in [0.3, 0.4) is 0 Å². The van der Waals surface area contributed by atoms with Gasteiger partial charge in [-0.25, -0.2) is 4.79 Å². The number of aromatic carboxylic acids is 1. The predicted molar refractivity (Wildman–Crippen MR) is 72.2 cm³/mol. The summed E-state index contributed by atoms with van der Waals surface area (Å²) in [5, 5.41) is 9.01. The molecule has 1 aliphatic rings. The first-order chi connectivity index (χ1) is 9.74. The van der Waals surface area contributed by atoms with Crippen molar-refractivity contribution in [3.63, 3.8) is 0 Å². The van der Waals surface area contributed by atoms with Crippen molar-refractivity contribution >= 4 is 5.97 Å². The first-order valence-corrected chi connectivity index (χ1v) is 6.33. The van der Waals surface area contributed by atoms with E-state index in [4.69, 9.17) is 14.6 Å². The Kier molecular flexibility index (Phi) is 3.25. The van der Waals surface area contributed by atoms with Gasteiger partial charge in [0.15, 0.2) is 11.5 Å². The van der Waals surface area contributed by atoms with Gasteiger partial charge in [0.1, 0.15) is 0 Å². The molecule has 3 rings (SSSR count). The third-order valence-electron chi connectivity index (χ3n) is 3.05. The highest BCUT2D eigenvalue weighted by Crippen LogP contribution is 2.33.